The van der Waals surface area contributed by atoms with Gasteiger partial charge in [0.1, 0.15) is 0 Å². The average Bonchev–Trinajstić information content (AvgIpc) is 2.63. The number of carbonyl (C=O) groups excluding carboxylic acids is 1. The van der Waals surface area contributed by atoms with Crippen LogP contribution in [0.5, 0.6) is 0 Å². The van der Waals surface area contributed by atoms with Gasteiger partial charge in [-0.15, -0.1) is 0 Å². The second kappa shape index (κ2) is 8.05. The summed E-state index contributed by atoms with van der Waals surface area (Å²) in [4.78, 5) is 14.4. The first-order chi connectivity index (χ1) is 11.6. The molecule has 2 heterocycles. The van der Waals surface area contributed by atoms with Crippen molar-refractivity contribution in [1.82, 2.24) is 10.2 Å². The highest BCUT2D eigenvalue weighted by Gasteiger charge is 2.46. The van der Waals surface area contributed by atoms with E-state index in [9.17, 15) is 9.90 Å². The van der Waals surface area contributed by atoms with Crippen molar-refractivity contribution >= 4 is 6.03 Å². The van der Waals surface area contributed by atoms with Crippen LogP contribution in [-0.2, 0) is 4.74 Å². The van der Waals surface area contributed by atoms with E-state index in [0.717, 1.165) is 32.6 Å². The van der Waals surface area contributed by atoms with Gasteiger partial charge in [-0.3, -0.25) is 0 Å². The van der Waals surface area contributed by atoms with Gasteiger partial charge in [0.15, 0.2) is 0 Å². The van der Waals surface area contributed by atoms with E-state index in [1.165, 1.54) is 32.1 Å². The van der Waals surface area contributed by atoms with Crippen molar-refractivity contribution in [2.24, 2.45) is 17.8 Å². The number of urea groups is 1. The van der Waals surface area contributed by atoms with Crippen LogP contribution >= 0.6 is 0 Å². The van der Waals surface area contributed by atoms with Crippen molar-refractivity contribution in [2.45, 2.75) is 63.9 Å². The number of hydrogen-bond acceptors (Lipinski definition) is 3. The molecule has 0 radical (unpaired) electrons. The third kappa shape index (κ3) is 4.05. The molecule has 2 atom stereocenters. The number of nitrogens with zero attached hydrogens (tertiary/aromatic N) is 1. The molecule has 0 aromatic carbocycles. The first-order valence-electron chi connectivity index (χ1n) is 9.92. The van der Waals surface area contributed by atoms with Gasteiger partial charge in [0.2, 0.25) is 0 Å². The maximum atomic E-state index is 12.5. The first-order valence-corrected chi connectivity index (χ1v) is 9.92. The lowest BCUT2D eigenvalue weighted by Gasteiger charge is -2.48. The van der Waals surface area contributed by atoms with Gasteiger partial charge in [0.05, 0.1) is 5.60 Å². The quantitative estimate of drug-likeness (QED) is 0.832. The smallest absolute Gasteiger partial charge is 0.317 e. The predicted octanol–water partition coefficient (Wildman–Crippen LogP) is 2.78. The van der Waals surface area contributed by atoms with Crippen LogP contribution in [0, 0.1) is 17.8 Å². The fourth-order valence-electron chi connectivity index (χ4n) is 4.86. The number of aliphatic hydroxyl groups is 1. The van der Waals surface area contributed by atoms with Gasteiger partial charge in [-0.05, 0) is 43.9 Å². The second-order valence-electron chi connectivity index (χ2n) is 8.17. The molecular weight excluding hydrogens is 304 g/mol. The van der Waals surface area contributed by atoms with Crippen molar-refractivity contribution in [3.8, 4) is 0 Å². The number of amides is 2. The number of hydrogen-bond donors (Lipinski definition) is 2. The van der Waals surface area contributed by atoms with Crippen molar-refractivity contribution < 1.29 is 14.6 Å². The van der Waals surface area contributed by atoms with Gasteiger partial charge in [0.25, 0.3) is 0 Å². The van der Waals surface area contributed by atoms with E-state index in [-0.39, 0.29) is 11.9 Å². The summed E-state index contributed by atoms with van der Waals surface area (Å²) in [6.07, 6.45) is 9.03. The summed E-state index contributed by atoms with van der Waals surface area (Å²) in [5, 5.41) is 14.3. The van der Waals surface area contributed by atoms with Crippen LogP contribution in [0.1, 0.15) is 58.3 Å². The van der Waals surface area contributed by atoms with Gasteiger partial charge < -0.3 is 20.1 Å². The Kier molecular flexibility index (Phi) is 6.03. The molecule has 5 heteroatoms. The van der Waals surface area contributed by atoms with Crippen LogP contribution in [0.3, 0.4) is 0 Å². The standard InChI is InChI=1S/C19H34N2O3/c1-15-14-21(18(22)20-13-16-5-3-2-4-6-16)10-9-19(15,23)17-7-11-24-12-8-17/h15-17,23H,2-14H2,1H3,(H,20,22)/t15-,19+/m1/s1. The normalized spacial score (nSPS) is 33.4. The number of ether oxygens (including phenoxy) is 1. The molecule has 0 aromatic heterocycles. The summed E-state index contributed by atoms with van der Waals surface area (Å²) >= 11 is 0. The molecule has 3 rings (SSSR count). The molecule has 0 bridgehead atoms. The van der Waals surface area contributed by atoms with E-state index >= 15 is 0 Å². The fraction of sp³-hybridized carbons (Fsp3) is 0.947. The minimum absolute atomic E-state index is 0.0569. The topological polar surface area (TPSA) is 61.8 Å². The van der Waals surface area contributed by atoms with Crippen molar-refractivity contribution in [1.29, 1.82) is 0 Å². The lowest BCUT2D eigenvalue weighted by molar-refractivity contribution is -0.125. The van der Waals surface area contributed by atoms with Crippen molar-refractivity contribution in [3.05, 3.63) is 0 Å². The molecule has 2 amide bonds. The predicted molar refractivity (Wildman–Crippen MR) is 93.8 cm³/mol. The molecule has 0 aromatic rings. The Morgan fingerprint density at radius 2 is 1.92 bits per heavy atom. The SMILES string of the molecule is C[C@@H]1CN(C(=O)NCC2CCCCC2)CC[C@@]1(O)C1CCOCC1. The second-order valence-corrected chi connectivity index (χ2v) is 8.17. The number of nitrogens with one attached hydrogen (secondary N) is 1. The van der Waals surface area contributed by atoms with E-state index < -0.39 is 5.60 Å². The zero-order valence-corrected chi connectivity index (χ0v) is 15.1. The first kappa shape index (κ1) is 18.0. The van der Waals surface area contributed by atoms with Gasteiger partial charge in [-0.1, -0.05) is 26.2 Å². The molecule has 2 N–H and O–H groups in total. The molecule has 138 valence electrons. The van der Waals surface area contributed by atoms with Gasteiger partial charge in [0, 0.05) is 38.8 Å². The summed E-state index contributed by atoms with van der Waals surface area (Å²) in [6, 6.07) is 0.0569. The summed E-state index contributed by atoms with van der Waals surface area (Å²) in [5.74, 6) is 1.09. The van der Waals surface area contributed by atoms with Crippen LogP contribution in [0.25, 0.3) is 0 Å². The summed E-state index contributed by atoms with van der Waals surface area (Å²) in [6.45, 7) is 5.74. The molecule has 24 heavy (non-hydrogen) atoms. The zero-order chi connectivity index (χ0) is 17.0. The minimum atomic E-state index is -0.635. The molecule has 3 fully saturated rings. The van der Waals surface area contributed by atoms with Crippen LogP contribution in [0.2, 0.25) is 0 Å². The van der Waals surface area contributed by atoms with Crippen LogP contribution in [0.15, 0.2) is 0 Å². The Labute approximate surface area is 146 Å². The van der Waals surface area contributed by atoms with E-state index in [1.807, 2.05) is 4.90 Å². The molecule has 0 spiro atoms. The van der Waals surface area contributed by atoms with Crippen LogP contribution in [-0.4, -0.2) is 54.5 Å². The highest BCUT2D eigenvalue weighted by Crippen LogP contribution is 2.39. The highest BCUT2D eigenvalue weighted by atomic mass is 16.5. The number of likely N-dealkylation sites (tertiary alicyclic amines) is 1. The molecule has 3 aliphatic rings. The number of carbonyl (C=O) groups is 1. The van der Waals surface area contributed by atoms with Crippen LogP contribution < -0.4 is 5.32 Å². The third-order valence-corrected chi connectivity index (χ3v) is 6.61. The molecule has 1 aliphatic carbocycles. The summed E-state index contributed by atoms with van der Waals surface area (Å²) in [7, 11) is 0. The molecular formula is C19H34N2O3. The Morgan fingerprint density at radius 3 is 2.58 bits per heavy atom. The van der Waals surface area contributed by atoms with E-state index in [0.29, 0.717) is 31.3 Å². The maximum Gasteiger partial charge on any atom is 0.317 e. The molecule has 5 nitrogen and oxygen atoms in total. The molecule has 0 unspecified atom stereocenters. The highest BCUT2D eigenvalue weighted by molar-refractivity contribution is 5.74. The number of piperidine rings is 1. The Morgan fingerprint density at radius 1 is 1.21 bits per heavy atom. The van der Waals surface area contributed by atoms with Crippen molar-refractivity contribution in [2.75, 3.05) is 32.8 Å². The maximum absolute atomic E-state index is 12.5. The lowest BCUT2D eigenvalue weighted by Crippen LogP contribution is -2.58. The van der Waals surface area contributed by atoms with Crippen molar-refractivity contribution in [3.63, 3.8) is 0 Å². The number of rotatable bonds is 3. The van der Waals surface area contributed by atoms with E-state index in [2.05, 4.69) is 12.2 Å². The van der Waals surface area contributed by atoms with Gasteiger partial charge in [-0.2, -0.15) is 0 Å². The summed E-state index contributed by atoms with van der Waals surface area (Å²) < 4.78 is 5.43. The molecule has 1 saturated carbocycles. The van der Waals surface area contributed by atoms with Gasteiger partial charge in [-0.25, -0.2) is 4.79 Å². The van der Waals surface area contributed by atoms with E-state index in [4.69, 9.17) is 4.74 Å². The monoisotopic (exact) mass is 338 g/mol. The lowest BCUT2D eigenvalue weighted by atomic mass is 9.70. The zero-order valence-electron chi connectivity index (χ0n) is 15.1. The molecule has 2 aliphatic heterocycles. The Bertz CT molecular complexity index is 419. The Balaban J connectivity index is 1.47. The fourth-order valence-corrected chi connectivity index (χ4v) is 4.86. The molecule has 2 saturated heterocycles. The minimum Gasteiger partial charge on any atom is -0.389 e. The van der Waals surface area contributed by atoms with Crippen LogP contribution in [0.4, 0.5) is 4.79 Å². The Hall–Kier alpha value is -0.810. The third-order valence-electron chi connectivity index (χ3n) is 6.61. The van der Waals surface area contributed by atoms with E-state index in [1.54, 1.807) is 0 Å². The van der Waals surface area contributed by atoms with Gasteiger partial charge >= 0.3 is 6.03 Å². The average molecular weight is 338 g/mol. The largest absolute Gasteiger partial charge is 0.389 e. The summed E-state index contributed by atoms with van der Waals surface area (Å²) in [5.41, 5.74) is -0.635.